The van der Waals surface area contributed by atoms with E-state index in [1.807, 2.05) is 20.8 Å². The summed E-state index contributed by atoms with van der Waals surface area (Å²) in [7, 11) is -2.06. The topological polar surface area (TPSA) is 68.7 Å². The second kappa shape index (κ2) is 7.05. The summed E-state index contributed by atoms with van der Waals surface area (Å²) in [6.07, 6.45) is 0.0930. The van der Waals surface area contributed by atoms with E-state index in [2.05, 4.69) is 38.8 Å². The van der Waals surface area contributed by atoms with Crippen LogP contribution in [0.2, 0.25) is 18.1 Å². The molecule has 0 N–H and O–H groups in total. The SMILES string of the molecule is CC(C)(C)OC(=O)N1Cc2nc(C=O)sc2C(O[Si](C)(C)C(C)(C)C)C1. The van der Waals surface area contributed by atoms with Crippen LogP contribution in [0, 0.1) is 0 Å². The Morgan fingerprint density at radius 2 is 1.88 bits per heavy atom. The maximum atomic E-state index is 12.6. The predicted molar refractivity (Wildman–Crippen MR) is 105 cm³/mol. The van der Waals surface area contributed by atoms with Crippen LogP contribution in [0.1, 0.15) is 68.0 Å². The molecule has 2 heterocycles. The molecule has 1 aliphatic rings. The van der Waals surface area contributed by atoms with Crippen LogP contribution in [-0.4, -0.2) is 42.7 Å². The summed E-state index contributed by atoms with van der Waals surface area (Å²) in [6, 6.07) is 0. The zero-order chi connectivity index (χ0) is 19.9. The van der Waals surface area contributed by atoms with Gasteiger partial charge in [-0.15, -0.1) is 11.3 Å². The number of hydrogen-bond acceptors (Lipinski definition) is 6. The zero-order valence-electron chi connectivity index (χ0n) is 17.0. The largest absolute Gasteiger partial charge is 0.444 e. The monoisotopic (exact) mass is 398 g/mol. The molecule has 0 radical (unpaired) electrons. The maximum Gasteiger partial charge on any atom is 0.410 e. The van der Waals surface area contributed by atoms with Crippen molar-refractivity contribution in [2.45, 2.75) is 77.9 Å². The number of aromatic nitrogens is 1. The lowest BCUT2D eigenvalue weighted by Crippen LogP contribution is -2.47. The minimum Gasteiger partial charge on any atom is -0.444 e. The second-order valence-corrected chi connectivity index (χ2v) is 15.0. The fourth-order valence-electron chi connectivity index (χ4n) is 2.41. The smallest absolute Gasteiger partial charge is 0.410 e. The highest BCUT2D eigenvalue weighted by molar-refractivity contribution is 7.13. The number of carbonyl (C=O) groups is 2. The van der Waals surface area contributed by atoms with Crippen LogP contribution in [0.3, 0.4) is 0 Å². The van der Waals surface area contributed by atoms with Gasteiger partial charge in [0.25, 0.3) is 0 Å². The third-order valence-corrected chi connectivity index (χ3v) is 10.4. The molecule has 2 rings (SSSR count). The van der Waals surface area contributed by atoms with Gasteiger partial charge in [-0.05, 0) is 38.9 Å². The average molecular weight is 399 g/mol. The highest BCUT2D eigenvalue weighted by Crippen LogP contribution is 2.43. The van der Waals surface area contributed by atoms with Crippen LogP contribution in [0.4, 0.5) is 4.79 Å². The van der Waals surface area contributed by atoms with E-state index in [9.17, 15) is 9.59 Å². The molecule has 0 aliphatic carbocycles. The molecule has 1 unspecified atom stereocenters. The molecule has 26 heavy (non-hydrogen) atoms. The molecular weight excluding hydrogens is 368 g/mol. The number of ether oxygens (including phenoxy) is 1. The van der Waals surface area contributed by atoms with Gasteiger partial charge in [0.05, 0.1) is 29.8 Å². The normalized spacial score (nSPS) is 18.5. The average Bonchev–Trinajstić information content (AvgIpc) is 2.87. The van der Waals surface area contributed by atoms with Crippen LogP contribution in [0.25, 0.3) is 0 Å². The van der Waals surface area contributed by atoms with Crippen molar-refractivity contribution in [3.8, 4) is 0 Å². The van der Waals surface area contributed by atoms with Crippen LogP contribution < -0.4 is 0 Å². The summed E-state index contributed by atoms with van der Waals surface area (Å²) >= 11 is 1.36. The fraction of sp³-hybridized carbons (Fsp3) is 0.722. The van der Waals surface area contributed by atoms with Crippen molar-refractivity contribution in [1.29, 1.82) is 0 Å². The number of thiazole rings is 1. The number of nitrogens with zero attached hydrogens (tertiary/aromatic N) is 2. The Morgan fingerprint density at radius 1 is 1.27 bits per heavy atom. The first-order valence-electron chi connectivity index (χ1n) is 8.84. The molecule has 1 aromatic heterocycles. The quantitative estimate of drug-likeness (QED) is 0.542. The Kier molecular flexibility index (Phi) is 5.71. The van der Waals surface area contributed by atoms with E-state index in [4.69, 9.17) is 9.16 Å². The van der Waals surface area contributed by atoms with E-state index in [1.165, 1.54) is 11.3 Å². The van der Waals surface area contributed by atoms with Crippen molar-refractivity contribution < 1.29 is 18.8 Å². The number of hydrogen-bond donors (Lipinski definition) is 0. The van der Waals surface area contributed by atoms with E-state index < -0.39 is 13.9 Å². The number of carbonyl (C=O) groups excluding carboxylic acids is 2. The van der Waals surface area contributed by atoms with Crippen molar-refractivity contribution in [2.75, 3.05) is 6.54 Å². The van der Waals surface area contributed by atoms with Crippen LogP contribution in [0.5, 0.6) is 0 Å². The van der Waals surface area contributed by atoms with E-state index >= 15 is 0 Å². The molecule has 1 aliphatic heterocycles. The Morgan fingerprint density at radius 3 is 2.38 bits per heavy atom. The van der Waals surface area contributed by atoms with E-state index in [0.717, 1.165) is 16.9 Å². The molecule has 0 spiro atoms. The zero-order valence-corrected chi connectivity index (χ0v) is 18.8. The molecule has 0 saturated heterocycles. The maximum absolute atomic E-state index is 12.6. The Labute approximate surface area is 161 Å². The minimum absolute atomic E-state index is 0.0412. The van der Waals surface area contributed by atoms with Crippen LogP contribution in [-0.2, 0) is 15.7 Å². The molecule has 146 valence electrons. The highest BCUT2D eigenvalue weighted by Gasteiger charge is 2.43. The van der Waals surface area contributed by atoms with Crippen molar-refractivity contribution in [3.63, 3.8) is 0 Å². The first-order valence-corrected chi connectivity index (χ1v) is 12.6. The third-order valence-electron chi connectivity index (χ3n) is 4.76. The Hall–Kier alpha value is -1.25. The Balaban J connectivity index is 2.32. The van der Waals surface area contributed by atoms with E-state index in [0.29, 0.717) is 18.1 Å². The molecule has 1 aromatic rings. The van der Waals surface area contributed by atoms with Crippen molar-refractivity contribution in [2.24, 2.45) is 0 Å². The van der Waals surface area contributed by atoms with Crippen molar-refractivity contribution in [3.05, 3.63) is 15.6 Å². The summed E-state index contributed by atoms with van der Waals surface area (Å²) in [6.45, 7) is 17.2. The lowest BCUT2D eigenvalue weighted by Gasteiger charge is -2.42. The standard InChI is InChI=1S/C18H30N2O4SSi/c1-17(2,3)23-16(22)20-9-12-15(25-14(11-21)19-12)13(10-20)24-26(7,8)18(4,5)6/h11,13H,9-10H2,1-8H3. The second-order valence-electron chi connectivity index (χ2n) is 9.21. The van der Waals surface area contributed by atoms with Gasteiger partial charge in [-0.25, -0.2) is 9.78 Å². The number of aldehydes is 1. The number of rotatable bonds is 3. The van der Waals surface area contributed by atoms with Crippen molar-refractivity contribution >= 4 is 32.0 Å². The van der Waals surface area contributed by atoms with E-state index in [1.54, 1.807) is 4.90 Å². The van der Waals surface area contributed by atoms with Gasteiger partial charge in [0, 0.05) is 0 Å². The molecule has 1 amide bonds. The van der Waals surface area contributed by atoms with Gasteiger partial charge >= 0.3 is 6.09 Å². The molecule has 0 fully saturated rings. The lowest BCUT2D eigenvalue weighted by molar-refractivity contribution is 0.00993. The van der Waals surface area contributed by atoms with Gasteiger partial charge in [-0.1, -0.05) is 20.8 Å². The molecule has 0 saturated carbocycles. The van der Waals surface area contributed by atoms with Crippen LogP contribution >= 0.6 is 11.3 Å². The molecule has 1 atom stereocenters. The summed E-state index contributed by atoms with van der Waals surface area (Å²) < 4.78 is 12.1. The van der Waals surface area contributed by atoms with Gasteiger partial charge in [-0.3, -0.25) is 9.69 Å². The van der Waals surface area contributed by atoms with Gasteiger partial charge in [0.2, 0.25) is 0 Å². The molecule has 8 heteroatoms. The van der Waals surface area contributed by atoms with E-state index in [-0.39, 0.29) is 17.2 Å². The molecule has 0 bridgehead atoms. The third kappa shape index (κ3) is 4.72. The molecular formula is C18H30N2O4SSi. The van der Waals surface area contributed by atoms with Gasteiger partial charge in [0.15, 0.2) is 19.6 Å². The fourth-order valence-corrected chi connectivity index (χ4v) is 4.67. The first-order chi connectivity index (χ1) is 11.7. The summed E-state index contributed by atoms with van der Waals surface area (Å²) in [5, 5.41) is 0.462. The van der Waals surface area contributed by atoms with Gasteiger partial charge < -0.3 is 9.16 Å². The highest BCUT2D eigenvalue weighted by atomic mass is 32.1. The summed E-state index contributed by atoms with van der Waals surface area (Å²) in [4.78, 5) is 30.7. The minimum atomic E-state index is -2.06. The first kappa shape index (κ1) is 21.1. The Bertz CT molecular complexity index is 688. The number of fused-ring (bicyclic) bond motifs is 1. The number of amides is 1. The van der Waals surface area contributed by atoms with Crippen molar-refractivity contribution in [1.82, 2.24) is 9.88 Å². The summed E-state index contributed by atoms with van der Waals surface area (Å²) in [5.74, 6) is 0. The predicted octanol–water partition coefficient (Wildman–Crippen LogP) is 4.77. The molecule has 6 nitrogen and oxygen atoms in total. The van der Waals surface area contributed by atoms with Crippen LogP contribution in [0.15, 0.2) is 0 Å². The van der Waals surface area contributed by atoms with Gasteiger partial charge in [0.1, 0.15) is 5.60 Å². The summed E-state index contributed by atoms with van der Waals surface area (Å²) in [5.41, 5.74) is 0.168. The van der Waals surface area contributed by atoms with Gasteiger partial charge in [-0.2, -0.15) is 0 Å². The lowest BCUT2D eigenvalue weighted by atomic mass is 10.1. The molecule has 0 aromatic carbocycles.